The molecule has 0 radical (unpaired) electrons. The van der Waals surface area contributed by atoms with Crippen molar-refractivity contribution in [2.75, 3.05) is 0 Å². The summed E-state index contributed by atoms with van der Waals surface area (Å²) in [6, 6.07) is 3.14. The highest BCUT2D eigenvalue weighted by Crippen LogP contribution is 2.22. The van der Waals surface area contributed by atoms with Crippen LogP contribution < -0.4 is 0 Å². The number of hydrogen-bond donors (Lipinski definition) is 3. The van der Waals surface area contributed by atoms with Crippen molar-refractivity contribution in [2.24, 2.45) is 0 Å². The van der Waals surface area contributed by atoms with Crippen LogP contribution in [0.3, 0.4) is 0 Å². The lowest BCUT2D eigenvalue weighted by molar-refractivity contribution is 0.271. The van der Waals surface area contributed by atoms with E-state index in [9.17, 15) is 5.11 Å². The molecule has 0 bridgehead atoms. The van der Waals surface area contributed by atoms with Crippen LogP contribution in [0.2, 0.25) is 0 Å². The zero-order valence-corrected chi connectivity index (χ0v) is 6.91. The highest BCUT2D eigenvalue weighted by Gasteiger charge is 2.04. The molecule has 0 aliphatic rings. The molecule has 0 unspecified atom stereocenters. The summed E-state index contributed by atoms with van der Waals surface area (Å²) in [7, 11) is 0. The van der Waals surface area contributed by atoms with Crippen molar-refractivity contribution in [1.29, 1.82) is 0 Å². The lowest BCUT2D eigenvalue weighted by Gasteiger charge is -2.06. The minimum Gasteiger partial charge on any atom is -0.508 e. The van der Waals surface area contributed by atoms with Gasteiger partial charge >= 0.3 is 0 Å². The predicted octanol–water partition coefficient (Wildman–Crippen LogP) is 0.685. The van der Waals surface area contributed by atoms with Crippen LogP contribution in [0.1, 0.15) is 16.7 Å². The maximum atomic E-state index is 9.28. The summed E-state index contributed by atoms with van der Waals surface area (Å²) < 4.78 is 0. The molecule has 66 valence electrons. The Morgan fingerprint density at radius 3 is 2.17 bits per heavy atom. The van der Waals surface area contributed by atoms with Gasteiger partial charge in [-0.1, -0.05) is 0 Å². The molecule has 0 heterocycles. The summed E-state index contributed by atoms with van der Waals surface area (Å²) in [6.07, 6.45) is 0. The number of aromatic hydroxyl groups is 1. The first-order valence-electron chi connectivity index (χ1n) is 3.72. The second kappa shape index (κ2) is 3.56. The molecule has 0 aliphatic carbocycles. The van der Waals surface area contributed by atoms with Gasteiger partial charge in [-0.2, -0.15) is 0 Å². The standard InChI is InChI=1S/C9H12O3/c1-6-2-8(5-11)9(12)3-7(6)4-10/h2-3,10-12H,4-5H2,1H3. The van der Waals surface area contributed by atoms with E-state index in [1.165, 1.54) is 6.07 Å². The zero-order chi connectivity index (χ0) is 9.14. The second-order valence-corrected chi connectivity index (χ2v) is 2.72. The number of hydrogen-bond acceptors (Lipinski definition) is 3. The number of phenols is 1. The number of benzene rings is 1. The van der Waals surface area contributed by atoms with Crippen LogP contribution >= 0.6 is 0 Å². The van der Waals surface area contributed by atoms with Gasteiger partial charge in [0.2, 0.25) is 0 Å². The Kier molecular flexibility index (Phi) is 2.68. The van der Waals surface area contributed by atoms with Crippen molar-refractivity contribution in [3.05, 3.63) is 28.8 Å². The van der Waals surface area contributed by atoms with E-state index in [-0.39, 0.29) is 19.0 Å². The molecule has 3 heteroatoms. The summed E-state index contributed by atoms with van der Waals surface area (Å²) >= 11 is 0. The molecular formula is C9H12O3. The van der Waals surface area contributed by atoms with Gasteiger partial charge in [0, 0.05) is 5.56 Å². The van der Waals surface area contributed by atoms with E-state index >= 15 is 0 Å². The Morgan fingerprint density at radius 1 is 1.08 bits per heavy atom. The molecule has 1 aromatic rings. The normalized spacial score (nSPS) is 10.2. The van der Waals surface area contributed by atoms with Gasteiger partial charge in [0.25, 0.3) is 0 Å². The average molecular weight is 168 g/mol. The van der Waals surface area contributed by atoms with Gasteiger partial charge in [0.05, 0.1) is 13.2 Å². The molecule has 0 spiro atoms. The summed E-state index contributed by atoms with van der Waals surface area (Å²) in [5, 5.41) is 26.9. The van der Waals surface area contributed by atoms with Crippen LogP contribution in [0.5, 0.6) is 5.75 Å². The Hall–Kier alpha value is -1.06. The van der Waals surface area contributed by atoms with Crippen LogP contribution in [0.4, 0.5) is 0 Å². The number of aliphatic hydroxyl groups excluding tert-OH is 2. The van der Waals surface area contributed by atoms with Crippen LogP contribution in [-0.4, -0.2) is 15.3 Å². The van der Waals surface area contributed by atoms with E-state index in [1.807, 2.05) is 6.92 Å². The second-order valence-electron chi connectivity index (χ2n) is 2.72. The molecule has 3 nitrogen and oxygen atoms in total. The highest BCUT2D eigenvalue weighted by molar-refractivity contribution is 5.40. The van der Waals surface area contributed by atoms with Crippen molar-refractivity contribution in [3.8, 4) is 5.75 Å². The van der Waals surface area contributed by atoms with Crippen LogP contribution in [0, 0.1) is 6.92 Å². The van der Waals surface area contributed by atoms with E-state index in [0.717, 1.165) is 5.56 Å². The molecule has 1 aromatic carbocycles. The van der Waals surface area contributed by atoms with Gasteiger partial charge in [-0.15, -0.1) is 0 Å². The van der Waals surface area contributed by atoms with E-state index < -0.39 is 0 Å². The largest absolute Gasteiger partial charge is 0.508 e. The zero-order valence-electron chi connectivity index (χ0n) is 6.91. The Bertz CT molecular complexity index is 252. The van der Waals surface area contributed by atoms with Gasteiger partial charge in [-0.05, 0) is 30.2 Å². The molecule has 0 amide bonds. The van der Waals surface area contributed by atoms with Crippen molar-refractivity contribution >= 4 is 0 Å². The summed E-state index contributed by atoms with van der Waals surface area (Å²) in [5.74, 6) is 0.0344. The van der Waals surface area contributed by atoms with Crippen LogP contribution in [0.25, 0.3) is 0 Å². The first kappa shape index (κ1) is 9.03. The Balaban J connectivity index is 3.16. The fourth-order valence-corrected chi connectivity index (χ4v) is 1.10. The molecule has 0 aliphatic heterocycles. The van der Waals surface area contributed by atoms with Gasteiger partial charge in [0.15, 0.2) is 0 Å². The van der Waals surface area contributed by atoms with Gasteiger partial charge in [-0.3, -0.25) is 0 Å². The summed E-state index contributed by atoms with van der Waals surface area (Å²) in [5.41, 5.74) is 2.05. The molecule has 0 aromatic heterocycles. The Morgan fingerprint density at radius 2 is 1.67 bits per heavy atom. The fourth-order valence-electron chi connectivity index (χ4n) is 1.10. The first-order valence-corrected chi connectivity index (χ1v) is 3.72. The molecule has 1 rings (SSSR count). The summed E-state index contributed by atoms with van der Waals surface area (Å²) in [6.45, 7) is 1.55. The number of rotatable bonds is 2. The molecular weight excluding hydrogens is 156 g/mol. The maximum Gasteiger partial charge on any atom is 0.121 e. The first-order chi connectivity index (χ1) is 5.69. The molecule has 0 saturated carbocycles. The van der Waals surface area contributed by atoms with Crippen molar-refractivity contribution in [3.63, 3.8) is 0 Å². The van der Waals surface area contributed by atoms with E-state index in [4.69, 9.17) is 10.2 Å². The minimum atomic E-state index is -0.182. The third-order valence-corrected chi connectivity index (χ3v) is 1.88. The third-order valence-electron chi connectivity index (χ3n) is 1.88. The molecule has 0 atom stereocenters. The maximum absolute atomic E-state index is 9.28. The Labute approximate surface area is 70.9 Å². The summed E-state index contributed by atoms with van der Waals surface area (Å²) in [4.78, 5) is 0. The minimum absolute atomic E-state index is 0.0344. The lowest BCUT2D eigenvalue weighted by Crippen LogP contribution is -1.92. The van der Waals surface area contributed by atoms with E-state index in [2.05, 4.69) is 0 Å². The highest BCUT2D eigenvalue weighted by atomic mass is 16.3. The van der Waals surface area contributed by atoms with E-state index in [1.54, 1.807) is 6.07 Å². The van der Waals surface area contributed by atoms with Crippen molar-refractivity contribution in [2.45, 2.75) is 20.1 Å². The van der Waals surface area contributed by atoms with Gasteiger partial charge < -0.3 is 15.3 Å². The average Bonchev–Trinajstić information content (AvgIpc) is 2.08. The SMILES string of the molecule is Cc1cc(CO)c(O)cc1CO. The monoisotopic (exact) mass is 168 g/mol. The molecule has 3 N–H and O–H groups in total. The van der Waals surface area contributed by atoms with Gasteiger partial charge in [0.1, 0.15) is 5.75 Å². The third kappa shape index (κ3) is 1.57. The smallest absolute Gasteiger partial charge is 0.121 e. The van der Waals surface area contributed by atoms with Crippen molar-refractivity contribution in [1.82, 2.24) is 0 Å². The predicted molar refractivity (Wildman–Crippen MR) is 44.7 cm³/mol. The molecule has 0 saturated heterocycles. The quantitative estimate of drug-likeness (QED) is 0.608. The van der Waals surface area contributed by atoms with Crippen LogP contribution in [-0.2, 0) is 13.2 Å². The fraction of sp³-hybridized carbons (Fsp3) is 0.333. The van der Waals surface area contributed by atoms with Gasteiger partial charge in [-0.25, -0.2) is 0 Å². The lowest BCUT2D eigenvalue weighted by atomic mass is 10.1. The number of aryl methyl sites for hydroxylation is 1. The topological polar surface area (TPSA) is 60.7 Å². The number of aliphatic hydroxyl groups is 2. The molecule has 0 fully saturated rings. The van der Waals surface area contributed by atoms with Crippen LogP contribution in [0.15, 0.2) is 12.1 Å². The van der Waals surface area contributed by atoms with Crippen molar-refractivity contribution < 1.29 is 15.3 Å². The molecule has 12 heavy (non-hydrogen) atoms. The van der Waals surface area contributed by atoms with E-state index in [0.29, 0.717) is 11.1 Å².